The van der Waals surface area contributed by atoms with Crippen LogP contribution in [-0.2, 0) is 14.3 Å². The van der Waals surface area contributed by atoms with Gasteiger partial charge in [0.15, 0.2) is 6.29 Å². The topological polar surface area (TPSA) is 61.6 Å². The third-order valence-electron chi connectivity index (χ3n) is 3.11. The highest BCUT2D eigenvalue weighted by molar-refractivity contribution is 6.18. The van der Waals surface area contributed by atoms with Crippen molar-refractivity contribution in [1.82, 2.24) is 0 Å². The molecule has 1 aromatic rings. The fourth-order valence-electron chi connectivity index (χ4n) is 2.09. The summed E-state index contributed by atoms with van der Waals surface area (Å²) in [4.78, 5) is 11.2. The van der Waals surface area contributed by atoms with Gasteiger partial charge >= 0.3 is 0 Å². The number of rotatable bonds is 3. The Hall–Kier alpha value is -1.65. The average molecular weight is 247 g/mol. The molecule has 4 nitrogen and oxygen atoms in total. The van der Waals surface area contributed by atoms with E-state index in [1.54, 1.807) is 0 Å². The zero-order chi connectivity index (χ0) is 13.3. The molecule has 0 aromatic heterocycles. The first-order valence-corrected chi connectivity index (χ1v) is 5.84. The molecule has 0 spiro atoms. The van der Waals surface area contributed by atoms with Crippen molar-refractivity contribution in [3.63, 3.8) is 0 Å². The maximum atomic E-state index is 11.2. The Balaban J connectivity index is 2.40. The number of carbonyl (C=O) groups excluding carboxylic acids is 1. The highest BCUT2D eigenvalue weighted by atomic mass is 16.7. The minimum Gasteiger partial charge on any atom is -0.366 e. The SMILES string of the molecule is C=C(C(N)=O)c1cc(C)c(C2OCCO2)cc1C. The Labute approximate surface area is 106 Å². The molecule has 1 aliphatic rings. The molecule has 1 amide bonds. The zero-order valence-electron chi connectivity index (χ0n) is 10.7. The van der Waals surface area contributed by atoms with Gasteiger partial charge in [-0.25, -0.2) is 0 Å². The molecule has 18 heavy (non-hydrogen) atoms. The fraction of sp³-hybridized carbons (Fsp3) is 0.357. The predicted octanol–water partition coefficient (Wildman–Crippen LogP) is 1.85. The molecule has 1 fully saturated rings. The van der Waals surface area contributed by atoms with E-state index in [1.807, 2.05) is 26.0 Å². The van der Waals surface area contributed by atoms with Crippen molar-refractivity contribution in [2.24, 2.45) is 5.73 Å². The molecule has 0 unspecified atom stereocenters. The quantitative estimate of drug-likeness (QED) is 0.829. The maximum Gasteiger partial charge on any atom is 0.248 e. The molecule has 1 heterocycles. The number of aryl methyl sites for hydroxylation is 2. The van der Waals surface area contributed by atoms with Gasteiger partial charge in [0.1, 0.15) is 0 Å². The Bertz CT molecular complexity index is 502. The molecule has 4 heteroatoms. The lowest BCUT2D eigenvalue weighted by Gasteiger charge is -2.16. The monoisotopic (exact) mass is 247 g/mol. The lowest BCUT2D eigenvalue weighted by molar-refractivity contribution is -0.112. The number of amides is 1. The smallest absolute Gasteiger partial charge is 0.248 e. The van der Waals surface area contributed by atoms with Crippen molar-refractivity contribution in [2.75, 3.05) is 13.2 Å². The fourth-order valence-corrected chi connectivity index (χ4v) is 2.09. The molecular weight excluding hydrogens is 230 g/mol. The van der Waals surface area contributed by atoms with Gasteiger partial charge in [0.05, 0.1) is 13.2 Å². The third kappa shape index (κ3) is 2.30. The summed E-state index contributed by atoms with van der Waals surface area (Å²) in [6.45, 7) is 8.81. The number of nitrogens with two attached hydrogens (primary N) is 1. The van der Waals surface area contributed by atoms with E-state index >= 15 is 0 Å². The summed E-state index contributed by atoms with van der Waals surface area (Å²) >= 11 is 0. The van der Waals surface area contributed by atoms with Crippen LogP contribution in [-0.4, -0.2) is 19.1 Å². The molecular formula is C14H17NO3. The lowest BCUT2D eigenvalue weighted by atomic mass is 9.95. The van der Waals surface area contributed by atoms with E-state index in [0.29, 0.717) is 18.8 Å². The van der Waals surface area contributed by atoms with E-state index < -0.39 is 5.91 Å². The van der Waals surface area contributed by atoms with Crippen LogP contribution >= 0.6 is 0 Å². The first-order chi connectivity index (χ1) is 8.50. The number of ether oxygens (including phenoxy) is 2. The van der Waals surface area contributed by atoms with Gasteiger partial charge in [-0.05, 0) is 30.5 Å². The van der Waals surface area contributed by atoms with Crippen molar-refractivity contribution >= 4 is 11.5 Å². The Kier molecular flexibility index (Phi) is 3.50. The Morgan fingerprint density at radius 1 is 1.28 bits per heavy atom. The largest absolute Gasteiger partial charge is 0.366 e. The van der Waals surface area contributed by atoms with E-state index in [-0.39, 0.29) is 6.29 Å². The van der Waals surface area contributed by atoms with Crippen molar-refractivity contribution in [3.8, 4) is 0 Å². The van der Waals surface area contributed by atoms with Gasteiger partial charge < -0.3 is 15.2 Å². The van der Waals surface area contributed by atoms with Gasteiger partial charge in [-0.2, -0.15) is 0 Å². The molecule has 0 aliphatic carbocycles. The molecule has 0 saturated carbocycles. The van der Waals surface area contributed by atoms with Crippen LogP contribution in [0, 0.1) is 13.8 Å². The molecule has 96 valence electrons. The highest BCUT2D eigenvalue weighted by Crippen LogP contribution is 2.30. The van der Waals surface area contributed by atoms with Crippen LogP contribution in [0.25, 0.3) is 5.57 Å². The summed E-state index contributed by atoms with van der Waals surface area (Å²) in [5.41, 5.74) is 9.31. The second-order valence-corrected chi connectivity index (χ2v) is 4.44. The average Bonchev–Trinajstić information content (AvgIpc) is 2.84. The molecule has 2 rings (SSSR count). The first-order valence-electron chi connectivity index (χ1n) is 5.84. The Morgan fingerprint density at radius 2 is 1.89 bits per heavy atom. The normalized spacial score (nSPS) is 15.9. The summed E-state index contributed by atoms with van der Waals surface area (Å²) in [7, 11) is 0. The zero-order valence-corrected chi connectivity index (χ0v) is 10.7. The van der Waals surface area contributed by atoms with Crippen molar-refractivity contribution < 1.29 is 14.3 Å². The van der Waals surface area contributed by atoms with Crippen LogP contribution in [0.5, 0.6) is 0 Å². The standard InChI is InChI=1S/C14H17NO3/c1-8-7-12(14-17-4-5-18-14)9(2)6-11(8)10(3)13(15)16/h6-7,14H,3-5H2,1-2H3,(H2,15,16). The van der Waals surface area contributed by atoms with Crippen LogP contribution in [0.4, 0.5) is 0 Å². The summed E-state index contributed by atoms with van der Waals surface area (Å²) in [5, 5.41) is 0. The number of hydrogen-bond donors (Lipinski definition) is 1. The first kappa shape index (κ1) is 12.8. The highest BCUT2D eigenvalue weighted by Gasteiger charge is 2.21. The van der Waals surface area contributed by atoms with E-state index in [2.05, 4.69) is 6.58 Å². The summed E-state index contributed by atoms with van der Waals surface area (Å²) < 4.78 is 11.0. The minimum absolute atomic E-state index is 0.306. The van der Waals surface area contributed by atoms with Crippen molar-refractivity contribution in [1.29, 1.82) is 0 Å². The molecule has 0 atom stereocenters. The van der Waals surface area contributed by atoms with Crippen LogP contribution in [0.15, 0.2) is 18.7 Å². The summed E-state index contributed by atoms with van der Waals surface area (Å²) in [6, 6.07) is 3.87. The van der Waals surface area contributed by atoms with Gasteiger partial charge in [0, 0.05) is 11.1 Å². The van der Waals surface area contributed by atoms with Crippen LogP contribution in [0.2, 0.25) is 0 Å². The van der Waals surface area contributed by atoms with E-state index in [0.717, 1.165) is 22.3 Å². The van der Waals surface area contributed by atoms with E-state index in [4.69, 9.17) is 15.2 Å². The second kappa shape index (κ2) is 4.92. The number of primary amides is 1. The van der Waals surface area contributed by atoms with Gasteiger partial charge in [-0.1, -0.05) is 18.7 Å². The number of benzene rings is 1. The third-order valence-corrected chi connectivity index (χ3v) is 3.11. The van der Waals surface area contributed by atoms with E-state index in [1.165, 1.54) is 0 Å². The van der Waals surface area contributed by atoms with Crippen LogP contribution in [0.3, 0.4) is 0 Å². The second-order valence-electron chi connectivity index (χ2n) is 4.44. The van der Waals surface area contributed by atoms with Crippen LogP contribution < -0.4 is 5.73 Å². The molecule has 2 N–H and O–H groups in total. The van der Waals surface area contributed by atoms with Crippen LogP contribution in [0.1, 0.15) is 28.5 Å². The molecule has 1 saturated heterocycles. The van der Waals surface area contributed by atoms with Gasteiger partial charge in [-0.15, -0.1) is 0 Å². The van der Waals surface area contributed by atoms with Gasteiger partial charge in [0.25, 0.3) is 0 Å². The maximum absolute atomic E-state index is 11.2. The number of carbonyl (C=O) groups is 1. The lowest BCUT2D eigenvalue weighted by Crippen LogP contribution is -2.13. The number of hydrogen-bond acceptors (Lipinski definition) is 3. The Morgan fingerprint density at radius 3 is 2.44 bits per heavy atom. The van der Waals surface area contributed by atoms with Crippen molar-refractivity contribution in [3.05, 3.63) is 41.0 Å². The van der Waals surface area contributed by atoms with E-state index in [9.17, 15) is 4.79 Å². The molecule has 0 bridgehead atoms. The minimum atomic E-state index is -0.501. The van der Waals surface area contributed by atoms with Gasteiger partial charge in [-0.3, -0.25) is 4.79 Å². The van der Waals surface area contributed by atoms with Gasteiger partial charge in [0.2, 0.25) is 5.91 Å². The molecule has 1 aliphatic heterocycles. The molecule has 0 radical (unpaired) electrons. The summed E-state index contributed by atoms with van der Waals surface area (Å²) in [5.74, 6) is -0.501. The predicted molar refractivity (Wildman–Crippen MR) is 68.8 cm³/mol. The molecule has 1 aromatic carbocycles. The van der Waals surface area contributed by atoms with Crippen molar-refractivity contribution in [2.45, 2.75) is 20.1 Å². The summed E-state index contributed by atoms with van der Waals surface area (Å²) in [6.07, 6.45) is -0.306.